The highest BCUT2D eigenvalue weighted by Crippen LogP contribution is 2.19. The first-order chi connectivity index (χ1) is 8.69. The largest absolute Gasteiger partial charge is 0.340 e. The van der Waals surface area contributed by atoms with Crippen LogP contribution in [0.5, 0.6) is 0 Å². The lowest BCUT2D eigenvalue weighted by Crippen LogP contribution is -2.31. The minimum Gasteiger partial charge on any atom is -0.340 e. The van der Waals surface area contributed by atoms with Crippen LogP contribution in [-0.4, -0.2) is 29.6 Å². The highest BCUT2D eigenvalue weighted by atomic mass is 32.2. The molecule has 0 bridgehead atoms. The molecule has 0 N–H and O–H groups in total. The summed E-state index contributed by atoms with van der Waals surface area (Å²) in [5.41, 5.74) is 0.710. The van der Waals surface area contributed by atoms with E-state index < -0.39 is 0 Å². The number of carbonyl (C=O) groups is 1. The van der Waals surface area contributed by atoms with Gasteiger partial charge in [-0.2, -0.15) is 0 Å². The Hall–Kier alpha value is -1.22. The molecule has 0 radical (unpaired) electrons. The summed E-state index contributed by atoms with van der Waals surface area (Å²) in [7, 11) is 0. The van der Waals surface area contributed by atoms with Crippen molar-refractivity contribution in [3.8, 4) is 0 Å². The third kappa shape index (κ3) is 4.57. The van der Waals surface area contributed by atoms with Crippen LogP contribution in [0.4, 0.5) is 0 Å². The summed E-state index contributed by atoms with van der Waals surface area (Å²) in [5.74, 6) is 0.990. The second kappa shape index (κ2) is 7.98. The fourth-order valence-corrected chi connectivity index (χ4v) is 2.58. The number of thioether (sulfide) groups is 1. The molecular formula is C15H21NOS. The normalized spacial score (nSPS) is 10.1. The number of carbonyl (C=O) groups excluding carboxylic acids is 1. The van der Waals surface area contributed by atoms with Crippen LogP contribution in [0.1, 0.15) is 20.3 Å². The highest BCUT2D eigenvalue weighted by molar-refractivity contribution is 7.99. The van der Waals surface area contributed by atoms with Crippen molar-refractivity contribution in [1.29, 1.82) is 0 Å². The molecule has 0 saturated heterocycles. The van der Waals surface area contributed by atoms with Crippen LogP contribution in [0.25, 0.3) is 0 Å². The first-order valence-corrected chi connectivity index (χ1v) is 7.32. The third-order valence-electron chi connectivity index (χ3n) is 2.77. The van der Waals surface area contributed by atoms with Gasteiger partial charge in [0.05, 0.1) is 0 Å². The zero-order valence-electron chi connectivity index (χ0n) is 11.2. The van der Waals surface area contributed by atoms with Gasteiger partial charge in [-0.15, -0.1) is 11.8 Å². The second-order valence-corrected chi connectivity index (χ2v) is 5.16. The molecule has 0 aromatic heterocycles. The smallest absolute Gasteiger partial charge is 0.249 e. The Kier molecular flexibility index (Phi) is 6.58. The van der Waals surface area contributed by atoms with Crippen molar-refractivity contribution in [2.45, 2.75) is 25.2 Å². The molecule has 1 rings (SSSR count). The van der Waals surface area contributed by atoms with Crippen molar-refractivity contribution < 1.29 is 4.79 Å². The molecule has 0 atom stereocenters. The Morgan fingerprint density at radius 3 is 2.39 bits per heavy atom. The number of rotatable bonds is 7. The maximum absolute atomic E-state index is 12.0. The van der Waals surface area contributed by atoms with E-state index in [2.05, 4.69) is 18.7 Å². The molecule has 3 heteroatoms. The molecule has 0 spiro atoms. The molecule has 0 aliphatic heterocycles. The van der Waals surface area contributed by atoms with Crippen LogP contribution >= 0.6 is 11.8 Å². The van der Waals surface area contributed by atoms with E-state index in [9.17, 15) is 4.79 Å². The minimum atomic E-state index is 0.0914. The lowest BCUT2D eigenvalue weighted by Gasteiger charge is -2.19. The number of benzene rings is 1. The second-order valence-electron chi connectivity index (χ2n) is 3.99. The quantitative estimate of drug-likeness (QED) is 0.553. The van der Waals surface area contributed by atoms with Gasteiger partial charge in [0.2, 0.25) is 5.91 Å². The molecular weight excluding hydrogens is 242 g/mol. The molecule has 1 amide bonds. The summed E-state index contributed by atoms with van der Waals surface area (Å²) in [6.07, 6.45) is 0.745. The predicted molar refractivity (Wildman–Crippen MR) is 78.9 cm³/mol. The molecule has 18 heavy (non-hydrogen) atoms. The van der Waals surface area contributed by atoms with Crippen molar-refractivity contribution in [3.63, 3.8) is 0 Å². The zero-order chi connectivity index (χ0) is 13.4. The van der Waals surface area contributed by atoms with Crippen LogP contribution in [0, 0.1) is 0 Å². The van der Waals surface area contributed by atoms with Gasteiger partial charge in [-0.1, -0.05) is 24.8 Å². The third-order valence-corrected chi connectivity index (χ3v) is 3.78. The van der Waals surface area contributed by atoms with Gasteiger partial charge in [0.1, 0.15) is 0 Å². The van der Waals surface area contributed by atoms with Crippen molar-refractivity contribution in [2.75, 3.05) is 18.8 Å². The van der Waals surface area contributed by atoms with Crippen molar-refractivity contribution in [1.82, 2.24) is 4.90 Å². The SMILES string of the molecule is C=C(CCSc1ccccc1)C(=O)N(CC)CC. The fraction of sp³-hybridized carbons (Fsp3) is 0.400. The maximum Gasteiger partial charge on any atom is 0.249 e. The Bertz CT molecular complexity index is 385. The van der Waals surface area contributed by atoms with E-state index in [4.69, 9.17) is 0 Å². The molecule has 1 aromatic rings. The van der Waals surface area contributed by atoms with Crippen LogP contribution in [-0.2, 0) is 4.79 Å². The van der Waals surface area contributed by atoms with E-state index in [0.717, 1.165) is 25.3 Å². The number of nitrogens with zero attached hydrogens (tertiary/aromatic N) is 1. The summed E-state index contributed by atoms with van der Waals surface area (Å²) < 4.78 is 0. The maximum atomic E-state index is 12.0. The first kappa shape index (κ1) is 14.8. The minimum absolute atomic E-state index is 0.0914. The standard InChI is InChI=1S/C15H21NOS/c1-4-16(5-2)15(17)13(3)11-12-18-14-9-7-6-8-10-14/h6-10H,3-5,11-12H2,1-2H3. The number of hydrogen-bond acceptors (Lipinski definition) is 2. The van der Waals surface area contributed by atoms with Gasteiger partial charge in [0, 0.05) is 29.3 Å². The van der Waals surface area contributed by atoms with Crippen LogP contribution in [0.15, 0.2) is 47.4 Å². The number of hydrogen-bond donors (Lipinski definition) is 0. The monoisotopic (exact) mass is 263 g/mol. The molecule has 1 aromatic carbocycles. The van der Waals surface area contributed by atoms with Gasteiger partial charge in [-0.3, -0.25) is 4.79 Å². The Morgan fingerprint density at radius 2 is 1.83 bits per heavy atom. The molecule has 2 nitrogen and oxygen atoms in total. The van der Waals surface area contributed by atoms with Crippen molar-refractivity contribution in [2.24, 2.45) is 0 Å². The van der Waals surface area contributed by atoms with Gasteiger partial charge in [-0.05, 0) is 32.4 Å². The topological polar surface area (TPSA) is 20.3 Å². The summed E-state index contributed by atoms with van der Waals surface area (Å²) in [6.45, 7) is 9.39. The van der Waals surface area contributed by atoms with E-state index >= 15 is 0 Å². The Morgan fingerprint density at radius 1 is 1.22 bits per heavy atom. The summed E-state index contributed by atoms with van der Waals surface area (Å²) in [4.78, 5) is 15.0. The van der Waals surface area contributed by atoms with Gasteiger partial charge >= 0.3 is 0 Å². The lowest BCUT2D eigenvalue weighted by molar-refractivity contribution is -0.126. The summed E-state index contributed by atoms with van der Waals surface area (Å²) >= 11 is 1.76. The molecule has 0 fully saturated rings. The molecule has 0 aliphatic carbocycles. The fourth-order valence-electron chi connectivity index (χ4n) is 1.65. The van der Waals surface area contributed by atoms with Gasteiger partial charge < -0.3 is 4.90 Å². The Balaban J connectivity index is 2.35. The van der Waals surface area contributed by atoms with E-state index in [-0.39, 0.29) is 5.91 Å². The van der Waals surface area contributed by atoms with Gasteiger partial charge in [0.25, 0.3) is 0 Å². The van der Waals surface area contributed by atoms with E-state index in [1.54, 1.807) is 11.8 Å². The van der Waals surface area contributed by atoms with E-state index in [1.165, 1.54) is 4.90 Å². The molecule has 0 unspecified atom stereocenters. The summed E-state index contributed by atoms with van der Waals surface area (Å²) in [6, 6.07) is 10.2. The molecule has 0 aliphatic rings. The van der Waals surface area contributed by atoms with Crippen LogP contribution in [0.2, 0.25) is 0 Å². The van der Waals surface area contributed by atoms with Gasteiger partial charge in [-0.25, -0.2) is 0 Å². The lowest BCUT2D eigenvalue weighted by atomic mass is 10.2. The van der Waals surface area contributed by atoms with Crippen molar-refractivity contribution >= 4 is 17.7 Å². The average Bonchev–Trinajstić information content (AvgIpc) is 2.41. The predicted octanol–water partition coefficient (Wildman–Crippen LogP) is 3.59. The van der Waals surface area contributed by atoms with Gasteiger partial charge in [0.15, 0.2) is 0 Å². The zero-order valence-corrected chi connectivity index (χ0v) is 12.0. The molecule has 98 valence electrons. The van der Waals surface area contributed by atoms with E-state index in [0.29, 0.717) is 5.57 Å². The summed E-state index contributed by atoms with van der Waals surface area (Å²) in [5, 5.41) is 0. The first-order valence-electron chi connectivity index (χ1n) is 6.33. The highest BCUT2D eigenvalue weighted by Gasteiger charge is 2.12. The average molecular weight is 263 g/mol. The van der Waals surface area contributed by atoms with Crippen LogP contribution < -0.4 is 0 Å². The number of amides is 1. The molecule has 0 saturated carbocycles. The van der Waals surface area contributed by atoms with Crippen LogP contribution in [0.3, 0.4) is 0 Å². The Labute approximate surface area is 114 Å². The van der Waals surface area contributed by atoms with E-state index in [1.807, 2.05) is 36.9 Å². The van der Waals surface area contributed by atoms with Crippen molar-refractivity contribution in [3.05, 3.63) is 42.5 Å². The molecule has 0 heterocycles. The number of likely N-dealkylation sites (N-methyl/N-ethyl adjacent to an activating group) is 1.